The summed E-state index contributed by atoms with van der Waals surface area (Å²) in [4.78, 5) is 29.6. The van der Waals surface area contributed by atoms with E-state index in [2.05, 4.69) is 25.7 Å². The predicted molar refractivity (Wildman–Crippen MR) is 86.6 cm³/mol. The van der Waals surface area contributed by atoms with E-state index in [0.29, 0.717) is 17.6 Å². The van der Waals surface area contributed by atoms with Crippen LogP contribution in [-0.4, -0.2) is 62.0 Å². The quantitative estimate of drug-likeness (QED) is 0.418. The van der Waals surface area contributed by atoms with Gasteiger partial charge in [0.1, 0.15) is 6.10 Å². The lowest BCUT2D eigenvalue weighted by molar-refractivity contribution is -0.132. The Balaban J connectivity index is 1.80. The molecule has 2 heterocycles. The van der Waals surface area contributed by atoms with Crippen molar-refractivity contribution in [2.75, 3.05) is 19.6 Å². The van der Waals surface area contributed by atoms with Gasteiger partial charge in [-0.25, -0.2) is 10.5 Å². The summed E-state index contributed by atoms with van der Waals surface area (Å²) in [6, 6.07) is -0.543. The molecule has 4 N–H and O–H groups in total. The zero-order valence-corrected chi connectivity index (χ0v) is 14.2. The highest BCUT2D eigenvalue weighted by molar-refractivity contribution is 6.28. The fraction of sp³-hybridized carbons (Fsp3) is 0.571. The number of imidazole rings is 1. The van der Waals surface area contributed by atoms with E-state index in [0.717, 1.165) is 0 Å². The van der Waals surface area contributed by atoms with Crippen molar-refractivity contribution in [2.45, 2.75) is 24.7 Å². The van der Waals surface area contributed by atoms with Gasteiger partial charge >= 0.3 is 0 Å². The monoisotopic (exact) mass is 368 g/mol. The highest BCUT2D eigenvalue weighted by Gasteiger charge is 2.75. The number of nitrogens with zero attached hydrogens (tertiary/aromatic N) is 4. The summed E-state index contributed by atoms with van der Waals surface area (Å²) in [5, 5.41) is 23.6. The highest BCUT2D eigenvalue weighted by Crippen LogP contribution is 2.67. The Morgan fingerprint density at radius 3 is 2.92 bits per heavy atom. The van der Waals surface area contributed by atoms with Crippen molar-refractivity contribution in [1.82, 2.24) is 24.8 Å². The first-order valence-electron chi connectivity index (χ1n) is 7.73. The summed E-state index contributed by atoms with van der Waals surface area (Å²) in [5.74, 6) is -0.203. The van der Waals surface area contributed by atoms with Gasteiger partial charge in [0.2, 0.25) is 11.2 Å². The second kappa shape index (κ2) is 5.49. The van der Waals surface area contributed by atoms with Crippen LogP contribution < -0.4 is 10.8 Å². The maximum Gasteiger partial charge on any atom is 0.229 e. The summed E-state index contributed by atoms with van der Waals surface area (Å²) in [6.07, 6.45) is -0.304. The third kappa shape index (κ3) is 2.08. The number of aliphatic hydroxyl groups is 2. The van der Waals surface area contributed by atoms with Gasteiger partial charge in [0.15, 0.2) is 17.0 Å². The molecule has 2 fully saturated rings. The Morgan fingerprint density at radius 2 is 2.24 bits per heavy atom. The van der Waals surface area contributed by atoms with Gasteiger partial charge in [-0.1, -0.05) is 0 Å². The summed E-state index contributed by atoms with van der Waals surface area (Å²) in [5.41, 5.74) is 2.40. The number of nitrogens with one attached hydrogen (secondary N) is 2. The van der Waals surface area contributed by atoms with Gasteiger partial charge in [-0.15, -0.1) is 0 Å². The summed E-state index contributed by atoms with van der Waals surface area (Å²) in [7, 11) is 2.94. The lowest BCUT2D eigenvalue weighted by Gasteiger charge is -2.23. The van der Waals surface area contributed by atoms with Gasteiger partial charge in [0.25, 0.3) is 0 Å². The molecule has 5 atom stereocenters. The molecular formula is C14H17ClN6O4. The van der Waals surface area contributed by atoms with Crippen LogP contribution in [0.2, 0.25) is 5.28 Å². The van der Waals surface area contributed by atoms with Gasteiger partial charge < -0.3 is 20.1 Å². The highest BCUT2D eigenvalue weighted by atomic mass is 35.5. The van der Waals surface area contributed by atoms with Crippen LogP contribution in [0.25, 0.3) is 11.2 Å². The minimum absolute atomic E-state index is 0.0183. The molecule has 0 bridgehead atoms. The minimum atomic E-state index is -1.16. The zero-order chi connectivity index (χ0) is 17.9. The fourth-order valence-corrected chi connectivity index (χ4v) is 4.23. The van der Waals surface area contributed by atoms with Gasteiger partial charge in [0.05, 0.1) is 31.0 Å². The largest absolute Gasteiger partial charge is 0.389 e. The Hall–Kier alpha value is -2.01. The van der Waals surface area contributed by atoms with Gasteiger partial charge in [-0.2, -0.15) is 9.97 Å². The molecule has 0 aliphatic heterocycles. The number of aliphatic hydroxyl groups excluding tert-OH is 2. The average molecular weight is 369 g/mol. The van der Waals surface area contributed by atoms with Crippen LogP contribution in [0.1, 0.15) is 12.5 Å². The first kappa shape index (κ1) is 16.5. The molecule has 0 aromatic carbocycles. The molecule has 11 heteroatoms. The third-order valence-electron chi connectivity index (χ3n) is 5.24. The van der Waals surface area contributed by atoms with Crippen LogP contribution in [0.15, 0.2) is 6.33 Å². The lowest BCUT2D eigenvalue weighted by Crippen LogP contribution is -2.41. The van der Waals surface area contributed by atoms with Crippen molar-refractivity contribution in [2.24, 2.45) is 11.3 Å². The van der Waals surface area contributed by atoms with Crippen molar-refractivity contribution in [3.05, 3.63) is 11.6 Å². The fourth-order valence-electron chi connectivity index (χ4n) is 4.06. The van der Waals surface area contributed by atoms with Crippen LogP contribution in [-0.2, 0) is 9.63 Å². The molecule has 0 spiro atoms. The molecule has 25 heavy (non-hydrogen) atoms. The van der Waals surface area contributed by atoms with E-state index in [4.69, 9.17) is 16.4 Å². The zero-order valence-electron chi connectivity index (χ0n) is 13.5. The first-order chi connectivity index (χ1) is 12.0. The van der Waals surface area contributed by atoms with E-state index >= 15 is 0 Å². The number of aromatic nitrogens is 4. The topological polar surface area (TPSA) is 134 Å². The molecule has 2 aliphatic rings. The number of anilines is 1. The lowest BCUT2D eigenvalue weighted by atomic mass is 9.98. The summed E-state index contributed by atoms with van der Waals surface area (Å²) >= 11 is 5.97. The van der Waals surface area contributed by atoms with Gasteiger partial charge in [-0.05, 0) is 18.0 Å². The molecule has 2 saturated carbocycles. The maximum atomic E-state index is 12.2. The number of fused-ring (bicyclic) bond motifs is 2. The van der Waals surface area contributed by atoms with Crippen molar-refractivity contribution in [3.63, 3.8) is 0 Å². The number of halogens is 1. The molecule has 2 aromatic heterocycles. The van der Waals surface area contributed by atoms with E-state index in [9.17, 15) is 15.0 Å². The van der Waals surface area contributed by atoms with Crippen LogP contribution in [0.5, 0.6) is 0 Å². The van der Waals surface area contributed by atoms with Crippen molar-refractivity contribution >= 4 is 34.5 Å². The Morgan fingerprint density at radius 1 is 1.48 bits per heavy atom. The number of rotatable bonds is 4. The van der Waals surface area contributed by atoms with Crippen LogP contribution in [0.3, 0.4) is 0 Å². The molecule has 0 radical (unpaired) electrons. The molecule has 2 aromatic rings. The first-order valence-corrected chi connectivity index (χ1v) is 8.11. The Bertz CT molecular complexity index is 859. The average Bonchev–Trinajstić information content (AvgIpc) is 3.13. The van der Waals surface area contributed by atoms with Crippen molar-refractivity contribution < 1.29 is 19.8 Å². The molecule has 0 unspecified atom stereocenters. The van der Waals surface area contributed by atoms with Crippen LogP contribution >= 0.6 is 11.6 Å². The van der Waals surface area contributed by atoms with Gasteiger partial charge in [0, 0.05) is 13.0 Å². The van der Waals surface area contributed by atoms with Crippen molar-refractivity contribution in [1.29, 1.82) is 0 Å². The van der Waals surface area contributed by atoms with E-state index in [1.807, 2.05) is 0 Å². The third-order valence-corrected chi connectivity index (χ3v) is 5.41. The summed E-state index contributed by atoms with van der Waals surface area (Å²) < 4.78 is 1.64. The van der Waals surface area contributed by atoms with Gasteiger partial charge in [-0.3, -0.25) is 9.63 Å². The number of hydrogen-bond acceptors (Lipinski definition) is 8. The number of carbonyl (C=O) groups is 1. The summed E-state index contributed by atoms with van der Waals surface area (Å²) in [6.45, 7) is 0. The van der Waals surface area contributed by atoms with E-state index in [-0.39, 0.29) is 22.9 Å². The second-order valence-corrected chi connectivity index (χ2v) is 6.67. The molecule has 4 rings (SSSR count). The number of hydrogen-bond donors (Lipinski definition) is 4. The predicted octanol–water partition coefficient (Wildman–Crippen LogP) is -0.518. The Kier molecular flexibility index (Phi) is 3.62. The molecule has 10 nitrogen and oxygen atoms in total. The molecule has 134 valence electrons. The number of carbonyl (C=O) groups excluding carboxylic acids is 1. The standard InChI is InChI=1S/C14H17ClN6O4/c1-16-12(24)14-3-5(14)7(8(22)9(14)23)21-4-17-6-10(20-25-2)18-13(15)19-11(6)21/h4-5,7-9,22-23H,3H2,1-2H3,(H,16,24)(H,18,19,20)/t5-,7+,8+,9+,14+/m1/s1. The normalized spacial score (nSPS) is 33.3. The second-order valence-electron chi connectivity index (χ2n) is 6.33. The molecule has 2 aliphatic carbocycles. The number of amides is 1. The van der Waals surface area contributed by atoms with E-state index < -0.39 is 23.7 Å². The molecule has 1 amide bonds. The van der Waals surface area contributed by atoms with Crippen LogP contribution in [0.4, 0.5) is 5.82 Å². The van der Waals surface area contributed by atoms with E-state index in [1.165, 1.54) is 20.5 Å². The van der Waals surface area contributed by atoms with Crippen molar-refractivity contribution in [3.8, 4) is 0 Å². The smallest absolute Gasteiger partial charge is 0.229 e. The maximum absolute atomic E-state index is 12.2. The minimum Gasteiger partial charge on any atom is -0.389 e. The SMILES string of the molecule is CNC(=O)[C@@]12C[C@@H]1[C@H](n1cnc3c(NOC)nc(Cl)nc31)[C@H](O)[C@@H]2O. The Labute approximate surface area is 147 Å². The van der Waals surface area contributed by atoms with Crippen LogP contribution in [0, 0.1) is 11.3 Å². The van der Waals surface area contributed by atoms with E-state index in [1.54, 1.807) is 4.57 Å². The molecular weight excluding hydrogens is 352 g/mol. The molecule has 0 saturated heterocycles.